The van der Waals surface area contributed by atoms with E-state index in [0.717, 1.165) is 56.9 Å². The van der Waals surface area contributed by atoms with Crippen molar-refractivity contribution in [3.05, 3.63) is 180 Å². The highest BCUT2D eigenvalue weighted by Gasteiger charge is 2.34. The summed E-state index contributed by atoms with van der Waals surface area (Å²) < 4.78 is 25.8. The van der Waals surface area contributed by atoms with Crippen LogP contribution in [0.1, 0.15) is 135 Å². The van der Waals surface area contributed by atoms with Crippen LogP contribution in [0, 0.1) is 58.7 Å². The number of nitriles is 3. The second kappa shape index (κ2) is 26.4. The van der Waals surface area contributed by atoms with Crippen LogP contribution >= 0.6 is 0 Å². The molecule has 0 amide bonds. The number of esters is 2. The first-order chi connectivity index (χ1) is 48.7. The van der Waals surface area contributed by atoms with E-state index in [4.69, 9.17) is 24.8 Å². The summed E-state index contributed by atoms with van der Waals surface area (Å²) in [7, 11) is 0. The summed E-state index contributed by atoms with van der Waals surface area (Å²) in [6.45, 7) is 2.99. The molecular weight excluding hydrogens is 1280 g/mol. The molecule has 7 atom stereocenters. The van der Waals surface area contributed by atoms with E-state index in [1.165, 1.54) is 40.0 Å². The van der Waals surface area contributed by atoms with E-state index in [0.29, 0.717) is 92.7 Å². The van der Waals surface area contributed by atoms with Crippen molar-refractivity contribution in [3.8, 4) is 35.3 Å². The zero-order valence-electron chi connectivity index (χ0n) is 54.2. The highest BCUT2D eigenvalue weighted by atomic mass is 16.6. The summed E-state index contributed by atoms with van der Waals surface area (Å²) >= 11 is 0. The number of hydrogen-bond donors (Lipinski definition) is 5. The highest BCUT2D eigenvalue weighted by molar-refractivity contribution is 5.96. The first kappa shape index (κ1) is 63.4. The van der Waals surface area contributed by atoms with Crippen LogP contribution in [0.2, 0.25) is 0 Å². The maximum absolute atomic E-state index is 14.7. The molecule has 29 heteroatoms. The van der Waals surface area contributed by atoms with Crippen LogP contribution in [0.25, 0.3) is 60.7 Å². The Morgan fingerprint density at radius 1 is 0.650 bits per heavy atom. The van der Waals surface area contributed by atoms with Gasteiger partial charge in [-0.1, -0.05) is 49.7 Å². The van der Waals surface area contributed by atoms with Gasteiger partial charge in [0.05, 0.1) is 93.6 Å². The third-order valence-corrected chi connectivity index (χ3v) is 19.4. The Kier molecular flexibility index (Phi) is 16.7. The lowest BCUT2D eigenvalue weighted by molar-refractivity contribution is 0.0141. The maximum Gasteiger partial charge on any atom is 0.439 e. The number of pyridine rings is 4. The van der Waals surface area contributed by atoms with Crippen LogP contribution in [0.5, 0.6) is 0 Å². The SMILES string of the molecule is Cc1cc(Nc2nn([C@H]3CCCC[C@@H]3C#N)c3cc[nH]c(=O)c23)ccc1-n1cc(C(=O)OCn2ccc3c(c(Nc4ccc5nc(C(=O)OC(C)n6ccc7c(c(Nc8ccc(-c9noc(=O)[nH]9)cc8)nn7[C@H]7CCCC[C@@H]7C#N)c6=O)ccc5c4)nn3[C@H]3CCCC[C@@H]3C#N)c2=O)cn1. The molecule has 0 aliphatic heterocycles. The van der Waals surface area contributed by atoms with Crippen molar-refractivity contribution < 1.29 is 23.6 Å². The van der Waals surface area contributed by atoms with E-state index < -0.39 is 41.8 Å². The zero-order valence-corrected chi connectivity index (χ0v) is 54.2. The number of nitrogens with zero attached hydrogens (tertiary/aromatic N) is 15. The molecule has 3 fully saturated rings. The largest absolute Gasteiger partial charge is 0.440 e. The maximum atomic E-state index is 14.7. The molecule has 0 radical (unpaired) electrons. The number of aromatic nitrogens is 14. The molecule has 15 rings (SSSR count). The number of rotatable bonds is 17. The molecule has 12 aromatic rings. The van der Waals surface area contributed by atoms with Crippen LogP contribution in [-0.2, 0) is 16.2 Å². The van der Waals surface area contributed by atoms with Crippen molar-refractivity contribution >= 4 is 90.1 Å². The monoisotopic (exact) mass is 1340 g/mol. The van der Waals surface area contributed by atoms with Crippen molar-refractivity contribution in [1.29, 1.82) is 15.8 Å². The Hall–Kier alpha value is -12.7. The number of aryl methyl sites for hydroxylation is 1. The fourth-order valence-electron chi connectivity index (χ4n) is 14.4. The molecule has 29 nitrogen and oxygen atoms in total. The van der Waals surface area contributed by atoms with Gasteiger partial charge in [0.2, 0.25) is 0 Å². The predicted molar refractivity (Wildman–Crippen MR) is 366 cm³/mol. The van der Waals surface area contributed by atoms with Gasteiger partial charge in [-0.3, -0.25) is 47.1 Å². The number of nitrogens with one attached hydrogen (secondary N) is 5. The number of H-pyrrole nitrogens is 2. The number of carbonyl (C=O) groups excluding carboxylic acids is 2. The normalized spacial score (nSPS) is 18.8. The number of aromatic amines is 2. The van der Waals surface area contributed by atoms with E-state index in [2.05, 4.69) is 63.9 Å². The average molecular weight is 1340 g/mol. The van der Waals surface area contributed by atoms with Gasteiger partial charge >= 0.3 is 17.7 Å². The summed E-state index contributed by atoms with van der Waals surface area (Å²) in [6, 6.07) is 32.6. The smallest absolute Gasteiger partial charge is 0.439 e. The molecule has 3 aliphatic rings. The Morgan fingerprint density at radius 2 is 1.22 bits per heavy atom. The van der Waals surface area contributed by atoms with Crippen molar-refractivity contribution in [1.82, 2.24) is 68.4 Å². The third kappa shape index (κ3) is 11.8. The average Bonchev–Trinajstić information content (AvgIpc) is 1.60. The summed E-state index contributed by atoms with van der Waals surface area (Å²) in [4.78, 5) is 91.9. The predicted octanol–water partition coefficient (Wildman–Crippen LogP) is 11.3. The molecule has 0 bridgehead atoms. The quantitative estimate of drug-likeness (QED) is 0.0529. The second-order valence-corrected chi connectivity index (χ2v) is 25.6. The van der Waals surface area contributed by atoms with Crippen molar-refractivity contribution in [2.75, 3.05) is 16.0 Å². The minimum absolute atomic E-state index is 0.0294. The lowest BCUT2D eigenvalue weighted by Crippen LogP contribution is -2.27. The second-order valence-electron chi connectivity index (χ2n) is 25.6. The summed E-state index contributed by atoms with van der Waals surface area (Å²) in [5.74, 6) is -2.08. The first-order valence-electron chi connectivity index (χ1n) is 33.2. The highest BCUT2D eigenvalue weighted by Crippen LogP contribution is 2.41. The van der Waals surface area contributed by atoms with Crippen molar-refractivity contribution in [3.63, 3.8) is 0 Å². The van der Waals surface area contributed by atoms with Crippen LogP contribution in [0.15, 0.2) is 146 Å². The van der Waals surface area contributed by atoms with Gasteiger partial charge in [0.25, 0.3) is 16.7 Å². The van der Waals surface area contributed by atoms with Gasteiger partial charge in [0, 0.05) is 52.8 Å². The number of hydrogen-bond acceptors (Lipinski definition) is 21. The van der Waals surface area contributed by atoms with Gasteiger partial charge in [0.15, 0.2) is 36.2 Å². The molecule has 3 saturated carbocycles. The zero-order chi connectivity index (χ0) is 68.9. The number of anilines is 6. The standard InChI is InChI=1S/C71H64N20O9/c1-39-31-48(78-63-59-56(25-28-75-66(59)92)89(82-63)53-12-6-3-9-43(53)33-72)21-24-52(39)88-37-46(36-76-88)69(95)98-38-86-29-26-57-60(67(86)93)64(83-90(57)54-13-7-4-10-44(54)34-73)79-49-20-23-50-42(32-49)17-22-51(80-50)70(96)99-40(2)87-30-27-58-61(68(87)94)65(84-91(58)55-14-8-5-11-45(55)35-74)77-47-18-15-41(16-19-47)62-81-71(97)100-85-62/h15-32,36-37,40,43-45,53-55H,3-14,38H2,1-2H3,(H,75,92)(H,77,84)(H,78,82)(H,79,83)(H,81,85,97)/t40?,43-,44-,45-,53+,54+,55+/m1/s1. The number of fused-ring (bicyclic) bond motifs is 4. The van der Waals surface area contributed by atoms with Crippen molar-refractivity contribution in [2.24, 2.45) is 17.8 Å². The Bertz CT molecular complexity index is 5610. The lowest BCUT2D eigenvalue weighted by atomic mass is 9.85. The van der Waals surface area contributed by atoms with E-state index in [9.17, 15) is 44.6 Å². The molecular formula is C71H64N20O9. The molecule has 100 heavy (non-hydrogen) atoms. The van der Waals surface area contributed by atoms with Gasteiger partial charge in [-0.15, -0.1) is 0 Å². The Labute approximate surface area is 566 Å². The van der Waals surface area contributed by atoms with Gasteiger partial charge in [0.1, 0.15) is 21.9 Å². The van der Waals surface area contributed by atoms with Crippen LogP contribution in [-0.4, -0.2) is 80.3 Å². The first-order valence-corrected chi connectivity index (χ1v) is 33.2. The molecule has 1 unspecified atom stereocenters. The van der Waals surface area contributed by atoms with E-state index >= 15 is 0 Å². The molecule has 3 aromatic carbocycles. The van der Waals surface area contributed by atoms with Gasteiger partial charge in [-0.2, -0.15) is 36.2 Å². The molecule has 0 saturated heterocycles. The molecule has 9 heterocycles. The number of carbonyl (C=O) groups is 2. The van der Waals surface area contributed by atoms with Gasteiger partial charge < -0.3 is 30.4 Å². The Morgan fingerprint density at radius 3 is 1.84 bits per heavy atom. The molecule has 502 valence electrons. The lowest BCUT2D eigenvalue weighted by Gasteiger charge is -2.27. The molecule has 0 spiro atoms. The van der Waals surface area contributed by atoms with Crippen LogP contribution in [0.3, 0.4) is 0 Å². The molecule has 5 N–H and O–H groups in total. The Balaban J connectivity index is 0.646. The summed E-state index contributed by atoms with van der Waals surface area (Å²) in [6.07, 6.45) is 16.2. The van der Waals surface area contributed by atoms with E-state index in [1.54, 1.807) is 93.9 Å². The van der Waals surface area contributed by atoms with E-state index in [1.807, 2.05) is 29.8 Å². The van der Waals surface area contributed by atoms with Gasteiger partial charge in [-0.25, -0.2) is 24.0 Å². The topological polar surface area (TPSA) is 380 Å². The van der Waals surface area contributed by atoms with Crippen molar-refractivity contribution in [2.45, 2.75) is 122 Å². The van der Waals surface area contributed by atoms with Crippen LogP contribution in [0.4, 0.5) is 34.5 Å². The third-order valence-electron chi connectivity index (χ3n) is 19.4. The number of benzene rings is 3. The minimum Gasteiger partial charge on any atom is -0.440 e. The number of ether oxygens (including phenoxy) is 2. The van der Waals surface area contributed by atoms with Crippen LogP contribution < -0.4 is 38.4 Å². The van der Waals surface area contributed by atoms with E-state index in [-0.39, 0.29) is 80.9 Å². The summed E-state index contributed by atoms with van der Waals surface area (Å²) in [5.41, 5.74) is 4.60. The molecule has 3 aliphatic carbocycles. The van der Waals surface area contributed by atoms with Gasteiger partial charge in [-0.05, 0) is 143 Å². The fourth-order valence-corrected chi connectivity index (χ4v) is 14.4. The summed E-state index contributed by atoms with van der Waals surface area (Å²) in [5, 5.41) is 64.7. The minimum atomic E-state index is -1.12. The molecule has 9 aromatic heterocycles. The fraction of sp³-hybridized carbons (Fsp3) is 0.310.